The second-order valence-electron chi connectivity index (χ2n) is 2.24. The van der Waals surface area contributed by atoms with Crippen LogP contribution < -0.4 is 0 Å². The molecule has 66 valence electrons. The van der Waals surface area contributed by atoms with E-state index < -0.39 is 18.4 Å². The molecule has 0 bridgehead atoms. The highest BCUT2D eigenvalue weighted by Gasteiger charge is 2.38. The molecule has 1 rings (SSSR count). The molecule has 1 aromatic heterocycles. The number of alkyl halides is 2. The van der Waals surface area contributed by atoms with Gasteiger partial charge >= 0.3 is 11.9 Å². The summed E-state index contributed by atoms with van der Waals surface area (Å²) in [5, 5.41) is 8.06. The maximum absolute atomic E-state index is 12.5. The first-order valence-electron chi connectivity index (χ1n) is 3.09. The highest BCUT2D eigenvalue weighted by atomic mass is 19.3. The number of imidazole rings is 1. The lowest BCUT2D eigenvalue weighted by molar-refractivity contribution is -0.166. The van der Waals surface area contributed by atoms with Crippen LogP contribution in [0.25, 0.3) is 0 Å². The first kappa shape index (κ1) is 8.63. The van der Waals surface area contributed by atoms with Crippen molar-refractivity contribution in [2.75, 3.05) is 0 Å². The molecule has 0 aliphatic rings. The van der Waals surface area contributed by atoms with Gasteiger partial charge in [-0.2, -0.15) is 8.78 Å². The van der Waals surface area contributed by atoms with E-state index in [4.69, 9.17) is 5.11 Å². The number of carboxylic acids is 1. The van der Waals surface area contributed by atoms with Crippen LogP contribution in [0.4, 0.5) is 8.78 Å². The Morgan fingerprint density at radius 1 is 1.67 bits per heavy atom. The second-order valence-corrected chi connectivity index (χ2v) is 2.24. The number of nitrogens with zero attached hydrogens (tertiary/aromatic N) is 2. The predicted molar refractivity (Wildman–Crippen MR) is 34.8 cm³/mol. The average Bonchev–Trinajstić information content (AvgIpc) is 2.38. The molecule has 0 aromatic carbocycles. The SMILES string of the molecule is O=C(O)C(F)(F)Cn1ccnc1. The summed E-state index contributed by atoms with van der Waals surface area (Å²) in [4.78, 5) is 13.5. The minimum absolute atomic E-state index is 0.887. The van der Waals surface area contributed by atoms with Crippen LogP contribution in [0.1, 0.15) is 0 Å². The van der Waals surface area contributed by atoms with Crippen molar-refractivity contribution in [2.24, 2.45) is 0 Å². The Morgan fingerprint density at radius 3 is 2.75 bits per heavy atom. The third kappa shape index (κ3) is 1.77. The zero-order valence-corrected chi connectivity index (χ0v) is 5.94. The Morgan fingerprint density at radius 2 is 2.33 bits per heavy atom. The number of aliphatic carboxylic acids is 1. The Labute approximate surface area is 66.5 Å². The van der Waals surface area contributed by atoms with Gasteiger partial charge in [-0.1, -0.05) is 0 Å². The van der Waals surface area contributed by atoms with Crippen LogP contribution in [-0.2, 0) is 11.3 Å². The Hall–Kier alpha value is -1.46. The summed E-state index contributed by atoms with van der Waals surface area (Å²) in [6.07, 6.45) is 3.71. The van der Waals surface area contributed by atoms with E-state index in [2.05, 4.69) is 4.98 Å². The fraction of sp³-hybridized carbons (Fsp3) is 0.333. The van der Waals surface area contributed by atoms with E-state index in [-0.39, 0.29) is 0 Å². The molecule has 1 N–H and O–H groups in total. The normalized spacial score (nSPS) is 11.5. The number of rotatable bonds is 3. The minimum atomic E-state index is -3.74. The molecule has 1 heterocycles. The van der Waals surface area contributed by atoms with Gasteiger partial charge in [0.15, 0.2) is 0 Å². The van der Waals surface area contributed by atoms with Gasteiger partial charge in [-0.15, -0.1) is 0 Å². The molecule has 0 saturated heterocycles. The first-order chi connectivity index (χ1) is 5.52. The lowest BCUT2D eigenvalue weighted by Crippen LogP contribution is -2.32. The number of halogens is 2. The van der Waals surface area contributed by atoms with Crippen molar-refractivity contribution in [3.05, 3.63) is 18.7 Å². The quantitative estimate of drug-likeness (QED) is 0.733. The molecule has 0 saturated carbocycles. The molecule has 0 aliphatic heterocycles. The lowest BCUT2D eigenvalue weighted by atomic mass is 10.3. The number of hydrogen-bond donors (Lipinski definition) is 1. The highest BCUT2D eigenvalue weighted by molar-refractivity contribution is 5.75. The molecule has 6 heteroatoms. The van der Waals surface area contributed by atoms with Crippen molar-refractivity contribution < 1.29 is 18.7 Å². The molecule has 0 unspecified atom stereocenters. The lowest BCUT2D eigenvalue weighted by Gasteiger charge is -2.10. The molecule has 0 radical (unpaired) electrons. The van der Waals surface area contributed by atoms with Crippen LogP contribution in [0.2, 0.25) is 0 Å². The van der Waals surface area contributed by atoms with Crippen molar-refractivity contribution >= 4 is 5.97 Å². The maximum atomic E-state index is 12.5. The van der Waals surface area contributed by atoms with Gasteiger partial charge in [0, 0.05) is 12.4 Å². The fourth-order valence-electron chi connectivity index (χ4n) is 0.677. The summed E-state index contributed by atoms with van der Waals surface area (Å²) < 4.78 is 25.9. The third-order valence-electron chi connectivity index (χ3n) is 1.25. The molecular formula is C6H6F2N2O2. The predicted octanol–water partition coefficient (Wildman–Crippen LogP) is 0.603. The van der Waals surface area contributed by atoms with E-state index in [0.29, 0.717) is 0 Å². The largest absolute Gasteiger partial charge is 0.477 e. The number of carbonyl (C=O) groups is 1. The summed E-state index contributed by atoms with van der Waals surface area (Å²) >= 11 is 0. The molecule has 0 atom stereocenters. The highest BCUT2D eigenvalue weighted by Crippen LogP contribution is 2.15. The van der Waals surface area contributed by atoms with Gasteiger partial charge in [0.2, 0.25) is 0 Å². The van der Waals surface area contributed by atoms with Crippen LogP contribution in [0.3, 0.4) is 0 Å². The van der Waals surface area contributed by atoms with E-state index in [1.165, 1.54) is 12.4 Å². The third-order valence-corrected chi connectivity index (χ3v) is 1.25. The number of aromatic nitrogens is 2. The van der Waals surface area contributed by atoms with Gasteiger partial charge in [-0.25, -0.2) is 9.78 Å². The van der Waals surface area contributed by atoms with Gasteiger partial charge in [0.25, 0.3) is 0 Å². The maximum Gasteiger partial charge on any atom is 0.376 e. The molecular weight excluding hydrogens is 170 g/mol. The van der Waals surface area contributed by atoms with Crippen LogP contribution in [0.15, 0.2) is 18.7 Å². The van der Waals surface area contributed by atoms with Crippen molar-refractivity contribution in [1.29, 1.82) is 0 Å². The minimum Gasteiger partial charge on any atom is -0.477 e. The van der Waals surface area contributed by atoms with E-state index in [0.717, 1.165) is 10.9 Å². The van der Waals surface area contributed by atoms with Gasteiger partial charge in [-0.3, -0.25) is 0 Å². The van der Waals surface area contributed by atoms with Crippen LogP contribution in [0.5, 0.6) is 0 Å². The van der Waals surface area contributed by atoms with E-state index in [9.17, 15) is 13.6 Å². The Balaban J connectivity index is 2.69. The monoisotopic (exact) mass is 176 g/mol. The van der Waals surface area contributed by atoms with Gasteiger partial charge < -0.3 is 9.67 Å². The Bertz CT molecular complexity index is 271. The molecule has 0 fully saturated rings. The van der Waals surface area contributed by atoms with Crippen molar-refractivity contribution in [3.63, 3.8) is 0 Å². The van der Waals surface area contributed by atoms with Crippen LogP contribution in [-0.4, -0.2) is 26.5 Å². The Kier molecular flexibility index (Phi) is 2.07. The average molecular weight is 176 g/mol. The summed E-state index contributed by atoms with van der Waals surface area (Å²) in [6.45, 7) is -0.887. The smallest absolute Gasteiger partial charge is 0.376 e. The summed E-state index contributed by atoms with van der Waals surface area (Å²) in [5.74, 6) is -5.86. The van der Waals surface area contributed by atoms with Gasteiger partial charge in [-0.05, 0) is 0 Å². The van der Waals surface area contributed by atoms with Crippen LogP contribution >= 0.6 is 0 Å². The standard InChI is InChI=1S/C6H6F2N2O2/c7-6(8,5(11)12)3-10-2-1-9-4-10/h1-2,4H,3H2,(H,11,12). The molecule has 4 nitrogen and oxygen atoms in total. The van der Waals surface area contributed by atoms with Gasteiger partial charge in [0.05, 0.1) is 12.9 Å². The van der Waals surface area contributed by atoms with E-state index in [1.807, 2.05) is 0 Å². The number of hydrogen-bond acceptors (Lipinski definition) is 2. The van der Waals surface area contributed by atoms with Crippen molar-refractivity contribution in [2.45, 2.75) is 12.5 Å². The van der Waals surface area contributed by atoms with Crippen molar-refractivity contribution in [3.8, 4) is 0 Å². The molecule has 12 heavy (non-hydrogen) atoms. The fourth-order valence-corrected chi connectivity index (χ4v) is 0.677. The zero-order chi connectivity index (χ0) is 9.19. The van der Waals surface area contributed by atoms with Crippen molar-refractivity contribution in [1.82, 2.24) is 9.55 Å². The van der Waals surface area contributed by atoms with E-state index >= 15 is 0 Å². The molecule has 0 spiro atoms. The zero-order valence-electron chi connectivity index (χ0n) is 5.94. The van der Waals surface area contributed by atoms with E-state index in [1.54, 1.807) is 0 Å². The summed E-state index contributed by atoms with van der Waals surface area (Å²) in [7, 11) is 0. The number of carboxylic acid groups (broad SMARTS) is 1. The van der Waals surface area contributed by atoms with Crippen LogP contribution in [0, 0.1) is 0 Å². The summed E-state index contributed by atoms with van der Waals surface area (Å²) in [6, 6.07) is 0. The molecule has 0 amide bonds. The molecule has 0 aliphatic carbocycles. The van der Waals surface area contributed by atoms with Gasteiger partial charge in [0.1, 0.15) is 0 Å². The topological polar surface area (TPSA) is 55.1 Å². The first-order valence-corrected chi connectivity index (χ1v) is 3.09. The second kappa shape index (κ2) is 2.88. The molecule has 1 aromatic rings. The summed E-state index contributed by atoms with van der Waals surface area (Å²) in [5.41, 5.74) is 0.